The summed E-state index contributed by atoms with van der Waals surface area (Å²) in [6.45, 7) is 4.60. The number of rotatable bonds is 2. The molecule has 0 aliphatic carbocycles. The van der Waals surface area contributed by atoms with Crippen LogP contribution in [-0.2, 0) is 14.8 Å². The molecule has 1 unspecified atom stereocenters. The first kappa shape index (κ1) is 12.8. The number of carbonyl (C=O) groups is 1. The molecule has 0 radical (unpaired) electrons. The van der Waals surface area contributed by atoms with Crippen molar-refractivity contribution in [1.82, 2.24) is 9.62 Å². The van der Waals surface area contributed by atoms with Gasteiger partial charge in [-0.2, -0.15) is 0 Å². The molecule has 0 aromatic carbocycles. The highest BCUT2D eigenvalue weighted by Crippen LogP contribution is 2.32. The second-order valence-electron chi connectivity index (χ2n) is 5.62. The van der Waals surface area contributed by atoms with Crippen LogP contribution in [0.2, 0.25) is 0 Å². The molecule has 1 atom stereocenters. The highest BCUT2D eigenvalue weighted by atomic mass is 32.2. The summed E-state index contributed by atoms with van der Waals surface area (Å²) in [5.74, 6) is -0.323. The summed E-state index contributed by atoms with van der Waals surface area (Å²) in [6.07, 6.45) is 3.17. The molecule has 2 heterocycles. The number of amides is 1. The van der Waals surface area contributed by atoms with Gasteiger partial charge in [-0.3, -0.25) is 4.79 Å². The van der Waals surface area contributed by atoms with E-state index in [0.717, 1.165) is 30.1 Å². The number of piperidine rings is 1. The van der Waals surface area contributed by atoms with Crippen LogP contribution in [0.25, 0.3) is 0 Å². The zero-order valence-electron chi connectivity index (χ0n) is 10.4. The van der Waals surface area contributed by atoms with Crippen molar-refractivity contribution in [3.63, 3.8) is 0 Å². The Hall–Kier alpha value is -0.620. The summed E-state index contributed by atoms with van der Waals surface area (Å²) in [7, 11) is -3.40. The van der Waals surface area contributed by atoms with Crippen LogP contribution in [0.15, 0.2) is 0 Å². The summed E-state index contributed by atoms with van der Waals surface area (Å²) in [6, 6.07) is 0.122. The first-order valence-corrected chi connectivity index (χ1v) is 7.72. The Morgan fingerprint density at radius 2 is 2.12 bits per heavy atom. The monoisotopic (exact) mass is 260 g/mol. The maximum absolute atomic E-state index is 12.0. The van der Waals surface area contributed by atoms with Gasteiger partial charge in [0.1, 0.15) is 0 Å². The largest absolute Gasteiger partial charge is 0.312 e. The molecule has 0 aromatic rings. The molecule has 6 heteroatoms. The molecule has 2 aliphatic rings. The van der Waals surface area contributed by atoms with E-state index < -0.39 is 15.4 Å². The summed E-state index contributed by atoms with van der Waals surface area (Å²) in [5, 5.41) is 3.27. The van der Waals surface area contributed by atoms with Gasteiger partial charge in [-0.25, -0.2) is 12.7 Å². The lowest BCUT2D eigenvalue weighted by atomic mass is 9.95. The van der Waals surface area contributed by atoms with Crippen LogP contribution in [0, 0.1) is 5.41 Å². The van der Waals surface area contributed by atoms with E-state index in [1.165, 1.54) is 0 Å². The molecule has 0 aromatic heterocycles. The smallest absolute Gasteiger partial charge is 0.242 e. The van der Waals surface area contributed by atoms with Crippen molar-refractivity contribution in [2.45, 2.75) is 39.2 Å². The normalized spacial score (nSPS) is 31.8. The summed E-state index contributed by atoms with van der Waals surface area (Å²) < 4.78 is 25.0. The second kappa shape index (κ2) is 4.24. The lowest BCUT2D eigenvalue weighted by Crippen LogP contribution is -2.46. The highest BCUT2D eigenvalue weighted by molar-refractivity contribution is 7.90. The van der Waals surface area contributed by atoms with E-state index in [1.807, 2.05) is 0 Å². The maximum Gasteiger partial charge on any atom is 0.242 e. The van der Waals surface area contributed by atoms with Crippen molar-refractivity contribution >= 4 is 15.9 Å². The number of sulfonamides is 1. The molecule has 2 fully saturated rings. The summed E-state index contributed by atoms with van der Waals surface area (Å²) in [4.78, 5) is 12.0. The summed E-state index contributed by atoms with van der Waals surface area (Å²) >= 11 is 0. The number of nitrogens with one attached hydrogen (secondary N) is 1. The number of carbonyl (C=O) groups excluding carboxylic acids is 1. The molecule has 2 rings (SSSR count). The molecule has 0 saturated carbocycles. The third-order valence-corrected chi connectivity index (χ3v) is 5.56. The maximum atomic E-state index is 12.0. The van der Waals surface area contributed by atoms with Gasteiger partial charge < -0.3 is 5.32 Å². The van der Waals surface area contributed by atoms with Gasteiger partial charge in [-0.05, 0) is 33.2 Å². The van der Waals surface area contributed by atoms with Crippen molar-refractivity contribution in [1.29, 1.82) is 0 Å². The average Bonchev–Trinajstić information content (AvgIpc) is 2.38. The predicted octanol–water partition coefficient (Wildman–Crippen LogP) is 0.327. The topological polar surface area (TPSA) is 66.5 Å². The molecule has 1 amide bonds. The van der Waals surface area contributed by atoms with Crippen LogP contribution < -0.4 is 5.32 Å². The predicted molar refractivity (Wildman–Crippen MR) is 64.9 cm³/mol. The van der Waals surface area contributed by atoms with Gasteiger partial charge in [0, 0.05) is 6.04 Å². The van der Waals surface area contributed by atoms with Crippen molar-refractivity contribution in [3.05, 3.63) is 0 Å². The van der Waals surface area contributed by atoms with Crippen LogP contribution >= 0.6 is 0 Å². The summed E-state index contributed by atoms with van der Waals surface area (Å²) in [5.41, 5.74) is -0.770. The highest BCUT2D eigenvalue weighted by Gasteiger charge is 2.49. The Labute approximate surface area is 103 Å². The van der Waals surface area contributed by atoms with Gasteiger partial charge in [-0.1, -0.05) is 6.42 Å². The molecule has 1 N–H and O–H groups in total. The number of hydrogen-bond acceptors (Lipinski definition) is 4. The van der Waals surface area contributed by atoms with E-state index >= 15 is 0 Å². The third kappa shape index (κ3) is 2.47. The molecule has 0 spiro atoms. The first-order chi connectivity index (χ1) is 7.83. The molecule has 98 valence electrons. The van der Waals surface area contributed by atoms with E-state index in [9.17, 15) is 13.2 Å². The van der Waals surface area contributed by atoms with E-state index in [1.54, 1.807) is 13.8 Å². The van der Waals surface area contributed by atoms with Gasteiger partial charge in [0.2, 0.25) is 15.9 Å². The molecule has 2 saturated heterocycles. The molecule has 17 heavy (non-hydrogen) atoms. The molecular weight excluding hydrogens is 240 g/mol. The lowest BCUT2D eigenvalue weighted by molar-refractivity contribution is -0.132. The number of nitrogens with zero attached hydrogens (tertiary/aromatic N) is 1. The first-order valence-electron chi connectivity index (χ1n) is 6.11. The zero-order chi connectivity index (χ0) is 12.7. The molecule has 0 bridgehead atoms. The SMILES string of the molecule is CC1(C)CS(=O)(=O)N(CC2CCCCN2)C1=O. The molecule has 2 aliphatic heterocycles. The van der Waals surface area contributed by atoms with Gasteiger partial charge in [0.25, 0.3) is 0 Å². The van der Waals surface area contributed by atoms with Crippen LogP contribution in [0.3, 0.4) is 0 Å². The van der Waals surface area contributed by atoms with E-state index in [-0.39, 0.29) is 17.7 Å². The van der Waals surface area contributed by atoms with E-state index in [2.05, 4.69) is 5.32 Å². The minimum absolute atomic E-state index is 0.0639. The molecular formula is C11H20N2O3S. The van der Waals surface area contributed by atoms with Crippen LogP contribution in [0.1, 0.15) is 33.1 Å². The van der Waals surface area contributed by atoms with Gasteiger partial charge >= 0.3 is 0 Å². The fraction of sp³-hybridized carbons (Fsp3) is 0.909. The fourth-order valence-electron chi connectivity index (χ4n) is 2.54. The Bertz CT molecular complexity index is 410. The van der Waals surface area contributed by atoms with Gasteiger partial charge in [0.15, 0.2) is 0 Å². The minimum Gasteiger partial charge on any atom is -0.312 e. The van der Waals surface area contributed by atoms with Crippen molar-refractivity contribution < 1.29 is 13.2 Å². The van der Waals surface area contributed by atoms with Crippen LogP contribution in [-0.4, -0.2) is 43.5 Å². The van der Waals surface area contributed by atoms with Crippen LogP contribution in [0.5, 0.6) is 0 Å². The van der Waals surface area contributed by atoms with Gasteiger partial charge in [-0.15, -0.1) is 0 Å². The minimum atomic E-state index is -3.40. The lowest BCUT2D eigenvalue weighted by Gasteiger charge is -2.27. The molecule has 5 nitrogen and oxygen atoms in total. The zero-order valence-corrected chi connectivity index (χ0v) is 11.2. The quantitative estimate of drug-likeness (QED) is 0.777. The van der Waals surface area contributed by atoms with Crippen molar-refractivity contribution in [2.24, 2.45) is 5.41 Å². The number of hydrogen-bond donors (Lipinski definition) is 1. The Morgan fingerprint density at radius 1 is 1.41 bits per heavy atom. The van der Waals surface area contributed by atoms with Crippen molar-refractivity contribution in [3.8, 4) is 0 Å². The standard InChI is InChI=1S/C11H20N2O3S/c1-11(2)8-17(15,16)13(10(11)14)7-9-5-3-4-6-12-9/h9,12H,3-8H2,1-2H3. The van der Waals surface area contributed by atoms with Crippen LogP contribution in [0.4, 0.5) is 0 Å². The van der Waals surface area contributed by atoms with E-state index in [4.69, 9.17) is 0 Å². The fourth-order valence-corrected chi connectivity index (χ4v) is 4.63. The van der Waals surface area contributed by atoms with Crippen molar-refractivity contribution in [2.75, 3.05) is 18.8 Å². The Balaban J connectivity index is 2.11. The second-order valence-corrected chi connectivity index (χ2v) is 7.52. The Morgan fingerprint density at radius 3 is 2.59 bits per heavy atom. The Kier molecular flexibility index (Phi) is 3.20. The van der Waals surface area contributed by atoms with Gasteiger partial charge in [0.05, 0.1) is 17.7 Å². The third-order valence-electron chi connectivity index (χ3n) is 3.48. The average molecular weight is 260 g/mol. The van der Waals surface area contributed by atoms with E-state index in [0.29, 0.717) is 6.54 Å².